The molecule has 0 bridgehead atoms. The molecule has 0 saturated heterocycles. The number of nitrogens with zero attached hydrogens (tertiary/aromatic N) is 1. The molecule has 0 aliphatic rings. The number of hydrogen-bond donors (Lipinski definition) is 1. The molecular formula is C13H11NO7S. The van der Waals surface area contributed by atoms with E-state index in [1.807, 2.05) is 0 Å². The second kappa shape index (κ2) is 5.70. The fourth-order valence-corrected chi connectivity index (χ4v) is 2.87. The maximum atomic E-state index is 11.4. The molecule has 0 amide bonds. The second-order valence-corrected chi connectivity index (χ2v) is 5.80. The van der Waals surface area contributed by atoms with Crippen molar-refractivity contribution in [2.45, 2.75) is 11.3 Å². The molecule has 0 spiro atoms. The molecule has 2 aromatic carbocycles. The molecule has 1 N–H and O–H groups in total. The topological polar surface area (TPSA) is 124 Å². The third-order valence-electron chi connectivity index (χ3n) is 3.10. The number of nitro groups is 1. The first-order valence-electron chi connectivity index (χ1n) is 5.99. The molecule has 22 heavy (non-hydrogen) atoms. The first-order chi connectivity index (χ1) is 10.3. The van der Waals surface area contributed by atoms with Crippen LogP contribution in [0.1, 0.15) is 5.56 Å². The van der Waals surface area contributed by atoms with Crippen LogP contribution in [0.25, 0.3) is 10.8 Å². The summed E-state index contributed by atoms with van der Waals surface area (Å²) < 4.78 is 36.6. The lowest BCUT2D eigenvalue weighted by Crippen LogP contribution is -2.07. The summed E-state index contributed by atoms with van der Waals surface area (Å²) in [5.41, 5.74) is -0.122. The fraction of sp³-hybridized carbons (Fsp3) is 0.154. The van der Waals surface area contributed by atoms with E-state index in [2.05, 4.69) is 4.74 Å². The maximum absolute atomic E-state index is 11.4. The minimum Gasteiger partial charge on any atom is -0.469 e. The Morgan fingerprint density at radius 2 is 2.00 bits per heavy atom. The zero-order valence-corrected chi connectivity index (χ0v) is 12.2. The number of fused-ring (bicyclic) bond motifs is 1. The largest absolute Gasteiger partial charge is 0.469 e. The van der Waals surface area contributed by atoms with Crippen molar-refractivity contribution in [1.29, 1.82) is 0 Å². The summed E-state index contributed by atoms with van der Waals surface area (Å²) in [6, 6.07) is 6.16. The van der Waals surface area contributed by atoms with E-state index in [4.69, 9.17) is 0 Å². The number of methoxy groups -OCH3 is 1. The summed E-state index contributed by atoms with van der Waals surface area (Å²) in [6.45, 7) is 0. The summed E-state index contributed by atoms with van der Waals surface area (Å²) in [6.07, 6.45) is -0.260. The Morgan fingerprint density at radius 1 is 1.32 bits per heavy atom. The lowest BCUT2D eigenvalue weighted by Gasteiger charge is -2.09. The Bertz CT molecular complexity index is 873. The van der Waals surface area contributed by atoms with Crippen molar-refractivity contribution in [1.82, 2.24) is 0 Å². The van der Waals surface area contributed by atoms with Gasteiger partial charge in [0.1, 0.15) is 4.90 Å². The van der Waals surface area contributed by atoms with Gasteiger partial charge in [0.25, 0.3) is 15.8 Å². The van der Waals surface area contributed by atoms with Crippen LogP contribution in [0.5, 0.6) is 0 Å². The molecule has 9 heteroatoms. The maximum Gasteiger partial charge on any atom is 0.310 e. The normalized spacial score (nSPS) is 11.4. The first-order valence-corrected chi connectivity index (χ1v) is 7.43. The highest BCUT2D eigenvalue weighted by Crippen LogP contribution is 2.33. The van der Waals surface area contributed by atoms with Gasteiger partial charge in [-0.1, -0.05) is 18.2 Å². The number of benzene rings is 2. The van der Waals surface area contributed by atoms with Crippen molar-refractivity contribution < 1.29 is 27.4 Å². The highest BCUT2D eigenvalue weighted by Gasteiger charge is 2.23. The van der Waals surface area contributed by atoms with E-state index < -0.39 is 25.9 Å². The van der Waals surface area contributed by atoms with Gasteiger partial charge in [-0.25, -0.2) is 0 Å². The van der Waals surface area contributed by atoms with Crippen molar-refractivity contribution in [3.05, 3.63) is 46.0 Å². The average molecular weight is 325 g/mol. The Hall–Kier alpha value is -2.52. The predicted octanol–water partition coefficient (Wildman–Crippen LogP) is 1.71. The van der Waals surface area contributed by atoms with Crippen LogP contribution in [-0.4, -0.2) is 31.0 Å². The van der Waals surface area contributed by atoms with E-state index in [1.54, 1.807) is 0 Å². The minimum atomic E-state index is -4.56. The molecule has 0 saturated carbocycles. The van der Waals surface area contributed by atoms with Crippen LogP contribution in [0.3, 0.4) is 0 Å². The average Bonchev–Trinajstić information content (AvgIpc) is 2.45. The summed E-state index contributed by atoms with van der Waals surface area (Å²) in [5.74, 6) is -0.626. The predicted molar refractivity (Wildman–Crippen MR) is 76.1 cm³/mol. The molecule has 0 aliphatic carbocycles. The molecule has 0 radical (unpaired) electrons. The summed E-state index contributed by atoms with van der Waals surface area (Å²) in [7, 11) is -3.39. The molecule has 0 fully saturated rings. The van der Waals surface area contributed by atoms with Gasteiger partial charge >= 0.3 is 5.97 Å². The van der Waals surface area contributed by atoms with Gasteiger partial charge in [0.05, 0.1) is 23.8 Å². The van der Waals surface area contributed by atoms with Gasteiger partial charge < -0.3 is 4.74 Å². The highest BCUT2D eigenvalue weighted by atomic mass is 32.2. The molecule has 0 heterocycles. The summed E-state index contributed by atoms with van der Waals surface area (Å²) in [5, 5.41) is 11.1. The number of ether oxygens (including phenoxy) is 1. The van der Waals surface area contributed by atoms with Gasteiger partial charge in [-0.15, -0.1) is 0 Å². The Morgan fingerprint density at radius 3 is 2.55 bits per heavy atom. The third-order valence-corrected chi connectivity index (χ3v) is 4.01. The molecule has 8 nitrogen and oxygen atoms in total. The van der Waals surface area contributed by atoms with Crippen molar-refractivity contribution in [3.63, 3.8) is 0 Å². The number of hydrogen-bond acceptors (Lipinski definition) is 6. The van der Waals surface area contributed by atoms with E-state index >= 15 is 0 Å². The van der Waals surface area contributed by atoms with Crippen LogP contribution in [-0.2, 0) is 26.1 Å². The van der Waals surface area contributed by atoms with Crippen LogP contribution in [0, 0.1) is 10.1 Å². The minimum absolute atomic E-state index is 0.0203. The number of carbonyl (C=O) groups is 1. The molecule has 0 aromatic heterocycles. The standard InChI is InChI=1S/C13H11NO7S/c1-21-12(15)7-8-5-6-11(22(18,19)20)9-3-2-4-10(13(8)9)14(16)17/h2-6H,7H2,1H3,(H,18,19,20). The second-order valence-electron chi connectivity index (χ2n) is 4.41. The summed E-state index contributed by atoms with van der Waals surface area (Å²) in [4.78, 5) is 21.4. The fourth-order valence-electron chi connectivity index (χ4n) is 2.18. The van der Waals surface area contributed by atoms with Crippen molar-refractivity contribution in [2.24, 2.45) is 0 Å². The Kier molecular flexibility index (Phi) is 4.11. The van der Waals surface area contributed by atoms with Gasteiger partial charge in [-0.3, -0.25) is 19.5 Å². The molecule has 0 atom stereocenters. The molecule has 0 unspecified atom stereocenters. The van der Waals surface area contributed by atoms with Gasteiger partial charge in [-0.05, 0) is 11.6 Å². The molecule has 0 aliphatic heterocycles. The first kappa shape index (κ1) is 15.9. The van der Waals surface area contributed by atoms with Crippen LogP contribution < -0.4 is 0 Å². The Labute approximate surface area is 125 Å². The number of carbonyl (C=O) groups excluding carboxylic acids is 1. The van der Waals surface area contributed by atoms with Gasteiger partial charge in [0.15, 0.2) is 0 Å². The van der Waals surface area contributed by atoms with Crippen LogP contribution in [0.2, 0.25) is 0 Å². The Balaban J connectivity index is 2.89. The molecule has 2 aromatic rings. The van der Waals surface area contributed by atoms with E-state index in [1.165, 1.54) is 31.4 Å². The SMILES string of the molecule is COC(=O)Cc1ccc(S(=O)(=O)O)c2cccc([N+](=O)[O-])c12. The number of nitro benzene ring substituents is 1. The highest BCUT2D eigenvalue weighted by molar-refractivity contribution is 7.86. The van der Waals surface area contributed by atoms with Gasteiger partial charge in [-0.2, -0.15) is 8.42 Å². The monoisotopic (exact) mass is 325 g/mol. The van der Waals surface area contributed by atoms with E-state index in [-0.39, 0.29) is 28.4 Å². The van der Waals surface area contributed by atoms with E-state index in [0.29, 0.717) is 0 Å². The summed E-state index contributed by atoms with van der Waals surface area (Å²) >= 11 is 0. The molecular weight excluding hydrogens is 314 g/mol. The lowest BCUT2D eigenvalue weighted by molar-refractivity contribution is -0.383. The van der Waals surface area contributed by atoms with Gasteiger partial charge in [0, 0.05) is 11.5 Å². The number of esters is 1. The quantitative estimate of drug-likeness (QED) is 0.392. The van der Waals surface area contributed by atoms with Crippen LogP contribution in [0.15, 0.2) is 35.2 Å². The number of non-ortho nitro benzene ring substituents is 1. The lowest BCUT2D eigenvalue weighted by atomic mass is 10.0. The van der Waals surface area contributed by atoms with E-state index in [9.17, 15) is 27.9 Å². The van der Waals surface area contributed by atoms with Crippen LogP contribution in [0.4, 0.5) is 5.69 Å². The van der Waals surface area contributed by atoms with E-state index in [0.717, 1.165) is 6.07 Å². The van der Waals surface area contributed by atoms with Crippen molar-refractivity contribution in [2.75, 3.05) is 7.11 Å². The number of rotatable bonds is 4. The zero-order chi connectivity index (χ0) is 16.5. The van der Waals surface area contributed by atoms with Crippen LogP contribution >= 0.6 is 0 Å². The molecule has 116 valence electrons. The van der Waals surface area contributed by atoms with Crippen molar-refractivity contribution in [3.8, 4) is 0 Å². The molecule has 2 rings (SSSR count). The zero-order valence-electron chi connectivity index (χ0n) is 11.3. The smallest absolute Gasteiger partial charge is 0.310 e. The third kappa shape index (κ3) is 2.90. The van der Waals surface area contributed by atoms with Crippen molar-refractivity contribution >= 4 is 32.5 Å². The van der Waals surface area contributed by atoms with Gasteiger partial charge in [0.2, 0.25) is 0 Å².